The third kappa shape index (κ3) is 1.26. The quantitative estimate of drug-likeness (QED) is 0.773. The van der Waals surface area contributed by atoms with Gasteiger partial charge in [-0.3, -0.25) is 4.79 Å². The Morgan fingerprint density at radius 1 is 1.16 bits per heavy atom. The molecule has 1 aliphatic carbocycles. The maximum absolute atomic E-state index is 11.6. The van der Waals surface area contributed by atoms with Crippen LogP contribution < -0.4 is 0 Å². The number of furan rings is 2. The molecule has 3 aromatic rings. The second kappa shape index (κ2) is 3.42. The molecular weight excluding hydrogens is 312 g/mol. The Morgan fingerprint density at radius 2 is 1.79 bits per heavy atom. The highest BCUT2D eigenvalue weighted by Crippen LogP contribution is 2.54. The van der Waals surface area contributed by atoms with Gasteiger partial charge < -0.3 is 13.9 Å². The van der Waals surface area contributed by atoms with Crippen molar-refractivity contribution in [3.8, 4) is 0 Å². The summed E-state index contributed by atoms with van der Waals surface area (Å²) in [6.07, 6.45) is 4.44. The van der Waals surface area contributed by atoms with Crippen LogP contribution in [0.3, 0.4) is 0 Å². The Kier molecular flexibility index (Phi) is 2.00. The van der Waals surface area contributed by atoms with E-state index < -0.39 is 11.4 Å². The summed E-state index contributed by atoms with van der Waals surface area (Å²) in [6, 6.07) is 3.63. The van der Waals surface area contributed by atoms with Crippen molar-refractivity contribution in [2.75, 3.05) is 0 Å². The first-order chi connectivity index (χ1) is 9.15. The average molecular weight is 321 g/mol. The number of benzene rings is 1. The molecule has 4 nitrogen and oxygen atoms in total. The molecule has 1 N–H and O–H groups in total. The fourth-order valence-electron chi connectivity index (χ4n) is 2.77. The molecule has 0 atom stereocenters. The van der Waals surface area contributed by atoms with Gasteiger partial charge in [-0.1, -0.05) is 0 Å². The van der Waals surface area contributed by atoms with Crippen LogP contribution in [-0.2, 0) is 10.2 Å². The standard InChI is InChI=1S/C14H9BrO4/c15-10-8-2-6-18-11(8)9(7-1-5-19-12(7)10)14(3-4-14)13(16)17/h1-2,5-6H,3-4H2,(H,16,17). The van der Waals surface area contributed by atoms with Crippen LogP contribution in [0.2, 0.25) is 0 Å². The number of rotatable bonds is 2. The van der Waals surface area contributed by atoms with Gasteiger partial charge in [-0.15, -0.1) is 0 Å². The zero-order valence-corrected chi connectivity index (χ0v) is 11.4. The highest BCUT2D eigenvalue weighted by molar-refractivity contribution is 9.10. The Morgan fingerprint density at radius 3 is 2.42 bits per heavy atom. The van der Waals surface area contributed by atoms with E-state index in [2.05, 4.69) is 15.9 Å². The van der Waals surface area contributed by atoms with Crippen molar-refractivity contribution in [3.63, 3.8) is 0 Å². The van der Waals surface area contributed by atoms with Crippen LogP contribution in [0.1, 0.15) is 18.4 Å². The minimum absolute atomic E-state index is 0.639. The minimum Gasteiger partial charge on any atom is -0.481 e. The Balaban J connectivity index is 2.23. The summed E-state index contributed by atoms with van der Waals surface area (Å²) in [7, 11) is 0. The second-order valence-corrected chi connectivity index (χ2v) is 5.70. The average Bonchev–Trinajstić information content (AvgIpc) is 2.85. The summed E-state index contributed by atoms with van der Waals surface area (Å²) in [5.41, 5.74) is 1.24. The van der Waals surface area contributed by atoms with Crippen LogP contribution in [0.25, 0.3) is 21.9 Å². The lowest BCUT2D eigenvalue weighted by atomic mass is 9.91. The molecule has 0 spiro atoms. The van der Waals surface area contributed by atoms with Gasteiger partial charge in [0.05, 0.1) is 22.4 Å². The number of carbonyl (C=O) groups is 1. The maximum atomic E-state index is 11.6. The van der Waals surface area contributed by atoms with Crippen molar-refractivity contribution in [1.82, 2.24) is 0 Å². The maximum Gasteiger partial charge on any atom is 0.314 e. The molecule has 2 aromatic heterocycles. The molecule has 1 fully saturated rings. The van der Waals surface area contributed by atoms with Crippen LogP contribution in [0.4, 0.5) is 0 Å². The normalized spacial score (nSPS) is 17.1. The number of aliphatic carboxylic acids is 1. The summed E-state index contributed by atoms with van der Waals surface area (Å²) >= 11 is 3.50. The smallest absolute Gasteiger partial charge is 0.314 e. The zero-order chi connectivity index (χ0) is 13.2. The van der Waals surface area contributed by atoms with Gasteiger partial charge in [-0.05, 0) is 40.9 Å². The lowest BCUT2D eigenvalue weighted by molar-refractivity contribution is -0.139. The number of hydrogen-bond donors (Lipinski definition) is 1. The number of halogens is 1. The van der Waals surface area contributed by atoms with E-state index >= 15 is 0 Å². The van der Waals surface area contributed by atoms with Crippen LogP contribution in [0, 0.1) is 0 Å². The predicted molar refractivity (Wildman–Crippen MR) is 72.2 cm³/mol. The molecule has 0 saturated heterocycles. The van der Waals surface area contributed by atoms with E-state index in [4.69, 9.17) is 8.83 Å². The molecule has 5 heteroatoms. The summed E-state index contributed by atoms with van der Waals surface area (Å²) < 4.78 is 11.8. The molecule has 19 heavy (non-hydrogen) atoms. The highest BCUT2D eigenvalue weighted by atomic mass is 79.9. The number of carboxylic acids is 1. The fourth-order valence-corrected chi connectivity index (χ4v) is 3.39. The van der Waals surface area contributed by atoms with Gasteiger partial charge in [0.25, 0.3) is 0 Å². The molecular formula is C14H9BrO4. The van der Waals surface area contributed by atoms with Crippen LogP contribution in [0.5, 0.6) is 0 Å². The molecule has 0 bridgehead atoms. The summed E-state index contributed by atoms with van der Waals surface area (Å²) in [6.45, 7) is 0. The van der Waals surface area contributed by atoms with Gasteiger partial charge in [0.2, 0.25) is 0 Å². The van der Waals surface area contributed by atoms with Crippen molar-refractivity contribution in [2.45, 2.75) is 18.3 Å². The number of fused-ring (bicyclic) bond motifs is 2. The summed E-state index contributed by atoms with van der Waals surface area (Å²) in [5, 5.41) is 11.2. The SMILES string of the molecule is O=C(O)C1(c2c3ccoc3c(Br)c3ccoc23)CC1. The van der Waals surface area contributed by atoms with Gasteiger partial charge in [-0.25, -0.2) is 0 Å². The zero-order valence-electron chi connectivity index (χ0n) is 9.77. The molecule has 0 radical (unpaired) electrons. The molecule has 4 rings (SSSR count). The molecule has 1 saturated carbocycles. The highest BCUT2D eigenvalue weighted by Gasteiger charge is 2.54. The fraction of sp³-hybridized carbons (Fsp3) is 0.214. The van der Waals surface area contributed by atoms with Crippen LogP contribution >= 0.6 is 15.9 Å². The van der Waals surface area contributed by atoms with Crippen molar-refractivity contribution in [1.29, 1.82) is 0 Å². The van der Waals surface area contributed by atoms with E-state index in [-0.39, 0.29) is 0 Å². The first-order valence-corrected chi connectivity index (χ1v) is 6.74. The van der Waals surface area contributed by atoms with Crippen LogP contribution in [-0.4, -0.2) is 11.1 Å². The lowest BCUT2D eigenvalue weighted by Gasteiger charge is -2.12. The van der Waals surface area contributed by atoms with Gasteiger partial charge in [0.1, 0.15) is 11.2 Å². The monoisotopic (exact) mass is 320 g/mol. The Hall–Kier alpha value is -1.75. The third-order valence-electron chi connectivity index (χ3n) is 3.90. The Bertz CT molecular complexity index is 771. The van der Waals surface area contributed by atoms with Crippen molar-refractivity contribution >= 4 is 43.8 Å². The lowest BCUT2D eigenvalue weighted by Crippen LogP contribution is -2.20. The molecule has 2 heterocycles. The third-order valence-corrected chi connectivity index (χ3v) is 4.69. The molecule has 0 unspecified atom stereocenters. The summed E-state index contributed by atoms with van der Waals surface area (Å²) in [5.74, 6) is -0.796. The van der Waals surface area contributed by atoms with Gasteiger partial charge in [0.15, 0.2) is 0 Å². The van der Waals surface area contributed by atoms with Gasteiger partial charge >= 0.3 is 5.97 Å². The van der Waals surface area contributed by atoms with E-state index in [1.165, 1.54) is 0 Å². The molecule has 0 amide bonds. The number of hydrogen-bond acceptors (Lipinski definition) is 3. The van der Waals surface area contributed by atoms with E-state index in [1.807, 2.05) is 6.07 Å². The first kappa shape index (κ1) is 11.1. The van der Waals surface area contributed by atoms with Crippen molar-refractivity contribution in [3.05, 3.63) is 34.7 Å². The van der Waals surface area contributed by atoms with Crippen LogP contribution in [0.15, 0.2) is 38.0 Å². The molecule has 96 valence electrons. The van der Waals surface area contributed by atoms with Crippen molar-refractivity contribution in [2.24, 2.45) is 0 Å². The first-order valence-electron chi connectivity index (χ1n) is 5.95. The summed E-state index contributed by atoms with van der Waals surface area (Å²) in [4.78, 5) is 11.6. The topological polar surface area (TPSA) is 63.6 Å². The predicted octanol–water partition coefficient (Wildman–Crippen LogP) is 4.06. The second-order valence-electron chi connectivity index (χ2n) is 4.90. The van der Waals surface area contributed by atoms with E-state index in [0.29, 0.717) is 24.0 Å². The number of carboxylic acid groups (broad SMARTS) is 1. The minimum atomic E-state index is -0.821. The molecule has 1 aliphatic rings. The van der Waals surface area contributed by atoms with E-state index in [0.717, 1.165) is 20.8 Å². The van der Waals surface area contributed by atoms with Gasteiger partial charge in [-0.2, -0.15) is 0 Å². The molecule has 0 aliphatic heterocycles. The largest absolute Gasteiger partial charge is 0.481 e. The Labute approximate surface area is 116 Å². The van der Waals surface area contributed by atoms with Crippen molar-refractivity contribution < 1.29 is 18.7 Å². The van der Waals surface area contributed by atoms with E-state index in [9.17, 15) is 9.90 Å². The molecule has 1 aromatic carbocycles. The van der Waals surface area contributed by atoms with E-state index in [1.54, 1.807) is 18.6 Å². The van der Waals surface area contributed by atoms with Gasteiger partial charge in [0, 0.05) is 16.3 Å².